The van der Waals surface area contributed by atoms with Crippen LogP contribution < -0.4 is 10.6 Å². The maximum absolute atomic E-state index is 12.2. The van der Waals surface area contributed by atoms with Gasteiger partial charge in [0.15, 0.2) is 0 Å². The summed E-state index contributed by atoms with van der Waals surface area (Å²) in [6.45, 7) is 1.89. The number of nitrogens with zero attached hydrogens (tertiary/aromatic N) is 1. The molecule has 2 aromatic rings. The molecule has 1 heterocycles. The number of anilines is 1. The minimum atomic E-state index is -0.137. The van der Waals surface area contributed by atoms with Gasteiger partial charge in [-0.25, -0.2) is 4.98 Å². The van der Waals surface area contributed by atoms with E-state index in [9.17, 15) is 4.79 Å². The van der Waals surface area contributed by atoms with Crippen molar-refractivity contribution in [2.75, 3.05) is 25.6 Å². The average molecular weight is 334 g/mol. The zero-order valence-corrected chi connectivity index (χ0v) is 13.8. The van der Waals surface area contributed by atoms with Crippen LogP contribution in [-0.4, -0.2) is 31.2 Å². The van der Waals surface area contributed by atoms with Gasteiger partial charge >= 0.3 is 0 Å². The van der Waals surface area contributed by atoms with Gasteiger partial charge < -0.3 is 15.4 Å². The zero-order valence-electron chi connectivity index (χ0n) is 13.0. The number of amides is 1. The van der Waals surface area contributed by atoms with Crippen LogP contribution in [0.1, 0.15) is 22.3 Å². The molecular weight excluding hydrogens is 314 g/mol. The van der Waals surface area contributed by atoms with E-state index in [0.717, 1.165) is 18.5 Å². The highest BCUT2D eigenvalue weighted by molar-refractivity contribution is 6.30. The molecule has 0 saturated heterocycles. The highest BCUT2D eigenvalue weighted by Crippen LogP contribution is 2.10. The molecule has 122 valence electrons. The number of rotatable bonds is 8. The van der Waals surface area contributed by atoms with Crippen LogP contribution in [0.3, 0.4) is 0 Å². The summed E-state index contributed by atoms with van der Waals surface area (Å²) < 4.78 is 4.99. The van der Waals surface area contributed by atoms with Gasteiger partial charge in [0.05, 0.1) is 0 Å². The molecule has 5 nitrogen and oxygen atoms in total. The number of nitrogens with one attached hydrogen (secondary N) is 2. The van der Waals surface area contributed by atoms with Crippen molar-refractivity contribution in [3.8, 4) is 0 Å². The minimum Gasteiger partial charge on any atom is -0.385 e. The molecule has 0 saturated carbocycles. The summed E-state index contributed by atoms with van der Waals surface area (Å²) in [4.78, 5) is 16.4. The number of hydrogen-bond donors (Lipinski definition) is 2. The van der Waals surface area contributed by atoms with E-state index in [2.05, 4.69) is 15.6 Å². The molecule has 6 heteroatoms. The fraction of sp³-hybridized carbons (Fsp3) is 0.294. The van der Waals surface area contributed by atoms with E-state index in [4.69, 9.17) is 16.3 Å². The molecule has 1 aromatic carbocycles. The molecule has 0 spiro atoms. The number of benzene rings is 1. The summed E-state index contributed by atoms with van der Waals surface area (Å²) in [7, 11) is 1.67. The van der Waals surface area contributed by atoms with Crippen LogP contribution in [0.5, 0.6) is 0 Å². The third-order valence-electron chi connectivity index (χ3n) is 3.22. The van der Waals surface area contributed by atoms with Crippen molar-refractivity contribution in [3.05, 3.63) is 58.7 Å². The molecule has 2 rings (SSSR count). The zero-order chi connectivity index (χ0) is 16.5. The van der Waals surface area contributed by atoms with Crippen LogP contribution in [0.15, 0.2) is 42.6 Å². The lowest BCUT2D eigenvalue weighted by molar-refractivity contribution is 0.0951. The third kappa shape index (κ3) is 5.88. The van der Waals surface area contributed by atoms with Crippen LogP contribution in [0.25, 0.3) is 0 Å². The van der Waals surface area contributed by atoms with Gasteiger partial charge in [0.25, 0.3) is 5.91 Å². The first-order valence-electron chi connectivity index (χ1n) is 7.40. The van der Waals surface area contributed by atoms with Crippen LogP contribution in [0.4, 0.5) is 5.82 Å². The summed E-state index contributed by atoms with van der Waals surface area (Å²) in [6.07, 6.45) is 2.50. The number of aromatic nitrogens is 1. The van der Waals surface area contributed by atoms with Gasteiger partial charge in [-0.15, -0.1) is 0 Å². The van der Waals surface area contributed by atoms with Crippen molar-refractivity contribution < 1.29 is 9.53 Å². The Morgan fingerprint density at radius 1 is 1.26 bits per heavy atom. The molecule has 0 unspecified atom stereocenters. The van der Waals surface area contributed by atoms with Crippen molar-refractivity contribution in [1.82, 2.24) is 10.3 Å². The first-order chi connectivity index (χ1) is 11.2. The summed E-state index contributed by atoms with van der Waals surface area (Å²) in [5, 5.41) is 6.73. The second-order valence-corrected chi connectivity index (χ2v) is 5.45. The number of ether oxygens (including phenoxy) is 1. The molecule has 0 radical (unpaired) electrons. The molecule has 1 amide bonds. The van der Waals surface area contributed by atoms with Crippen molar-refractivity contribution in [2.45, 2.75) is 13.0 Å². The second kappa shape index (κ2) is 9.12. The Morgan fingerprint density at radius 3 is 2.78 bits per heavy atom. The van der Waals surface area contributed by atoms with E-state index < -0.39 is 0 Å². The Bertz CT molecular complexity index is 632. The van der Waals surface area contributed by atoms with Gasteiger partial charge in [-0.05, 0) is 36.2 Å². The third-order valence-corrected chi connectivity index (χ3v) is 3.47. The van der Waals surface area contributed by atoms with Gasteiger partial charge in [-0.2, -0.15) is 0 Å². The van der Waals surface area contributed by atoms with Gasteiger partial charge in [-0.1, -0.05) is 23.7 Å². The number of pyridine rings is 1. The van der Waals surface area contributed by atoms with Crippen LogP contribution in [0, 0.1) is 0 Å². The Kier molecular flexibility index (Phi) is 6.84. The van der Waals surface area contributed by atoms with Crippen molar-refractivity contribution in [1.29, 1.82) is 0 Å². The van der Waals surface area contributed by atoms with Gasteiger partial charge in [0.2, 0.25) is 0 Å². The maximum Gasteiger partial charge on any atom is 0.251 e. The molecule has 0 aliphatic rings. The molecule has 0 bridgehead atoms. The van der Waals surface area contributed by atoms with E-state index in [0.29, 0.717) is 29.6 Å². The number of carbonyl (C=O) groups is 1. The Morgan fingerprint density at radius 2 is 2.04 bits per heavy atom. The minimum absolute atomic E-state index is 0.137. The maximum atomic E-state index is 12.2. The smallest absolute Gasteiger partial charge is 0.251 e. The largest absolute Gasteiger partial charge is 0.385 e. The predicted octanol–water partition coefficient (Wildman–Crippen LogP) is 3.11. The summed E-state index contributed by atoms with van der Waals surface area (Å²) in [6, 6.07) is 10.8. The van der Waals surface area contributed by atoms with E-state index in [-0.39, 0.29) is 5.91 Å². The highest BCUT2D eigenvalue weighted by atomic mass is 35.5. The van der Waals surface area contributed by atoms with Crippen molar-refractivity contribution in [3.63, 3.8) is 0 Å². The Balaban J connectivity index is 1.87. The molecule has 0 aliphatic heterocycles. The fourth-order valence-corrected chi connectivity index (χ4v) is 2.11. The number of halogens is 1. The van der Waals surface area contributed by atoms with Crippen LogP contribution in [-0.2, 0) is 11.3 Å². The molecular formula is C17H20ClN3O2. The Hall–Kier alpha value is -2.11. The first-order valence-corrected chi connectivity index (χ1v) is 7.78. The molecule has 0 fully saturated rings. The molecule has 1 aromatic heterocycles. The molecule has 0 aliphatic carbocycles. The SMILES string of the molecule is COCCCNc1cc(C(=O)NCc2ccc(Cl)cc2)ccn1. The quantitative estimate of drug-likeness (QED) is 0.729. The summed E-state index contributed by atoms with van der Waals surface area (Å²) in [5.74, 6) is 0.544. The van der Waals surface area contributed by atoms with E-state index in [1.54, 1.807) is 37.6 Å². The van der Waals surface area contributed by atoms with E-state index in [1.165, 1.54) is 0 Å². The van der Waals surface area contributed by atoms with Crippen molar-refractivity contribution >= 4 is 23.3 Å². The highest BCUT2D eigenvalue weighted by Gasteiger charge is 2.06. The average Bonchev–Trinajstić information content (AvgIpc) is 2.58. The lowest BCUT2D eigenvalue weighted by atomic mass is 10.2. The molecule has 23 heavy (non-hydrogen) atoms. The monoisotopic (exact) mass is 333 g/mol. The molecule has 0 atom stereocenters. The molecule has 2 N–H and O–H groups in total. The van der Waals surface area contributed by atoms with Crippen molar-refractivity contribution in [2.24, 2.45) is 0 Å². The predicted molar refractivity (Wildman–Crippen MR) is 91.8 cm³/mol. The number of methoxy groups -OCH3 is 1. The topological polar surface area (TPSA) is 63.2 Å². The lowest BCUT2D eigenvalue weighted by Gasteiger charge is -2.08. The lowest BCUT2D eigenvalue weighted by Crippen LogP contribution is -2.23. The number of carbonyl (C=O) groups excluding carboxylic acids is 1. The summed E-state index contributed by atoms with van der Waals surface area (Å²) in [5.41, 5.74) is 1.57. The van der Waals surface area contributed by atoms with E-state index >= 15 is 0 Å². The van der Waals surface area contributed by atoms with Crippen LogP contribution >= 0.6 is 11.6 Å². The van der Waals surface area contributed by atoms with E-state index in [1.807, 2.05) is 12.1 Å². The summed E-state index contributed by atoms with van der Waals surface area (Å²) >= 11 is 5.84. The van der Waals surface area contributed by atoms with Gasteiger partial charge in [0.1, 0.15) is 5.82 Å². The Labute approximate surface area is 141 Å². The fourth-order valence-electron chi connectivity index (χ4n) is 1.99. The van der Waals surface area contributed by atoms with Gasteiger partial charge in [0, 0.05) is 43.6 Å². The van der Waals surface area contributed by atoms with Crippen LogP contribution in [0.2, 0.25) is 5.02 Å². The first kappa shape index (κ1) is 17.2. The second-order valence-electron chi connectivity index (χ2n) is 5.01. The normalized spacial score (nSPS) is 10.3. The van der Waals surface area contributed by atoms with Gasteiger partial charge in [-0.3, -0.25) is 4.79 Å². The standard InChI is InChI=1S/C17H20ClN3O2/c1-23-10-2-8-19-16-11-14(7-9-20-16)17(22)21-12-13-3-5-15(18)6-4-13/h3-7,9,11H,2,8,10,12H2,1H3,(H,19,20)(H,21,22). The number of hydrogen-bond acceptors (Lipinski definition) is 4.